The van der Waals surface area contributed by atoms with Gasteiger partial charge in [0.25, 0.3) is 0 Å². The zero-order valence-corrected chi connectivity index (χ0v) is 11.6. The normalized spacial score (nSPS) is 16.4. The van der Waals surface area contributed by atoms with Gasteiger partial charge in [-0.15, -0.1) is 0 Å². The Morgan fingerprint density at radius 1 is 1.33 bits per heavy atom. The zero-order valence-electron chi connectivity index (χ0n) is 11.6. The van der Waals surface area contributed by atoms with Crippen molar-refractivity contribution in [3.05, 3.63) is 24.3 Å². The lowest BCUT2D eigenvalue weighted by molar-refractivity contribution is 0.414. The number of benzene rings is 1. The van der Waals surface area contributed by atoms with Crippen LogP contribution in [0.2, 0.25) is 0 Å². The van der Waals surface area contributed by atoms with Crippen LogP contribution in [-0.2, 0) is 0 Å². The van der Waals surface area contributed by atoms with Gasteiger partial charge in [-0.1, -0.05) is 6.92 Å². The maximum atomic E-state index is 5.19. The van der Waals surface area contributed by atoms with E-state index in [1.54, 1.807) is 7.11 Å². The van der Waals surface area contributed by atoms with Crippen LogP contribution in [0.15, 0.2) is 24.3 Å². The minimum Gasteiger partial charge on any atom is -0.497 e. The third-order valence-electron chi connectivity index (χ3n) is 3.72. The molecule has 0 saturated heterocycles. The fourth-order valence-corrected chi connectivity index (χ4v) is 2.17. The molecule has 0 amide bonds. The minimum atomic E-state index is 0.555. The van der Waals surface area contributed by atoms with Gasteiger partial charge in [0.15, 0.2) is 0 Å². The van der Waals surface area contributed by atoms with Crippen LogP contribution in [0.3, 0.4) is 0 Å². The molecule has 18 heavy (non-hydrogen) atoms. The first-order valence-electron chi connectivity index (χ1n) is 6.85. The number of hydrogen-bond donors (Lipinski definition) is 1. The summed E-state index contributed by atoms with van der Waals surface area (Å²) in [5.74, 6) is 0.913. The fraction of sp³-hybridized carbons (Fsp3) is 0.600. The SMILES string of the molecule is CCC(CNC1CC1)N(C)c1ccc(OC)cc1. The Balaban J connectivity index is 1.94. The summed E-state index contributed by atoms with van der Waals surface area (Å²) in [4.78, 5) is 2.36. The number of anilines is 1. The Hall–Kier alpha value is -1.22. The summed E-state index contributed by atoms with van der Waals surface area (Å²) in [6, 6.07) is 9.62. The number of nitrogens with zero attached hydrogens (tertiary/aromatic N) is 1. The number of nitrogens with one attached hydrogen (secondary N) is 1. The van der Waals surface area contributed by atoms with Crippen LogP contribution in [-0.4, -0.2) is 32.8 Å². The second kappa shape index (κ2) is 6.10. The molecule has 0 aliphatic heterocycles. The van der Waals surface area contributed by atoms with E-state index in [2.05, 4.69) is 36.3 Å². The molecule has 100 valence electrons. The molecule has 0 aromatic heterocycles. The third-order valence-corrected chi connectivity index (χ3v) is 3.72. The van der Waals surface area contributed by atoms with Crippen LogP contribution in [0.5, 0.6) is 5.75 Å². The Kier molecular flexibility index (Phi) is 4.48. The molecule has 1 aromatic carbocycles. The van der Waals surface area contributed by atoms with Crippen molar-refractivity contribution in [1.82, 2.24) is 5.32 Å². The van der Waals surface area contributed by atoms with E-state index in [9.17, 15) is 0 Å². The molecule has 1 saturated carbocycles. The fourth-order valence-electron chi connectivity index (χ4n) is 2.17. The predicted molar refractivity (Wildman–Crippen MR) is 76.5 cm³/mol. The maximum absolute atomic E-state index is 5.19. The van der Waals surface area contributed by atoms with Crippen LogP contribution in [0, 0.1) is 0 Å². The topological polar surface area (TPSA) is 24.5 Å². The van der Waals surface area contributed by atoms with Crippen molar-refractivity contribution in [2.75, 3.05) is 25.6 Å². The quantitative estimate of drug-likeness (QED) is 0.803. The standard InChI is InChI=1S/C15H24N2O/c1-4-13(11-16-12-5-6-12)17(2)14-7-9-15(18-3)10-8-14/h7-10,12-13,16H,4-6,11H2,1-3H3. The molecule has 1 fully saturated rings. The van der Waals surface area contributed by atoms with Crippen LogP contribution < -0.4 is 15.0 Å². The molecule has 1 N–H and O–H groups in total. The van der Waals surface area contributed by atoms with Crippen LogP contribution in [0.4, 0.5) is 5.69 Å². The second-order valence-corrected chi connectivity index (χ2v) is 5.05. The van der Waals surface area contributed by atoms with Gasteiger partial charge in [0, 0.05) is 31.4 Å². The lowest BCUT2D eigenvalue weighted by Crippen LogP contribution is -2.40. The highest BCUT2D eigenvalue weighted by atomic mass is 16.5. The van der Waals surface area contributed by atoms with E-state index < -0.39 is 0 Å². The van der Waals surface area contributed by atoms with Crippen molar-refractivity contribution >= 4 is 5.69 Å². The number of likely N-dealkylation sites (N-methyl/N-ethyl adjacent to an activating group) is 1. The van der Waals surface area contributed by atoms with E-state index in [0.29, 0.717) is 6.04 Å². The van der Waals surface area contributed by atoms with E-state index in [4.69, 9.17) is 4.74 Å². The van der Waals surface area contributed by atoms with Gasteiger partial charge in [0.1, 0.15) is 5.75 Å². The minimum absolute atomic E-state index is 0.555. The number of hydrogen-bond acceptors (Lipinski definition) is 3. The second-order valence-electron chi connectivity index (χ2n) is 5.05. The summed E-state index contributed by atoms with van der Waals surface area (Å²) in [5, 5.41) is 3.61. The van der Waals surface area contributed by atoms with Crippen LogP contribution in [0.1, 0.15) is 26.2 Å². The monoisotopic (exact) mass is 248 g/mol. The molecule has 0 heterocycles. The van der Waals surface area contributed by atoms with E-state index in [1.165, 1.54) is 18.5 Å². The van der Waals surface area contributed by atoms with Gasteiger partial charge in [-0.3, -0.25) is 0 Å². The van der Waals surface area contributed by atoms with E-state index in [1.807, 2.05) is 12.1 Å². The zero-order chi connectivity index (χ0) is 13.0. The summed E-state index contributed by atoms with van der Waals surface area (Å²) in [6.45, 7) is 3.32. The largest absolute Gasteiger partial charge is 0.497 e. The molecule has 1 atom stereocenters. The van der Waals surface area contributed by atoms with Crippen molar-refractivity contribution in [1.29, 1.82) is 0 Å². The predicted octanol–water partition coefficient (Wildman–Crippen LogP) is 2.66. The Morgan fingerprint density at radius 3 is 2.50 bits per heavy atom. The summed E-state index contributed by atoms with van der Waals surface area (Å²) in [6.07, 6.45) is 3.85. The van der Waals surface area contributed by atoms with Gasteiger partial charge in [0.2, 0.25) is 0 Å². The maximum Gasteiger partial charge on any atom is 0.119 e. The van der Waals surface area contributed by atoms with Gasteiger partial charge in [-0.25, -0.2) is 0 Å². The molecule has 0 radical (unpaired) electrons. The van der Waals surface area contributed by atoms with Crippen molar-refractivity contribution in [3.63, 3.8) is 0 Å². The molecule has 2 rings (SSSR count). The van der Waals surface area contributed by atoms with Gasteiger partial charge in [-0.2, -0.15) is 0 Å². The highest BCUT2D eigenvalue weighted by Crippen LogP contribution is 2.22. The van der Waals surface area contributed by atoms with Crippen molar-refractivity contribution in [2.45, 2.75) is 38.3 Å². The highest BCUT2D eigenvalue weighted by Gasteiger charge is 2.22. The summed E-state index contributed by atoms with van der Waals surface area (Å²) in [7, 11) is 3.87. The average molecular weight is 248 g/mol. The number of ether oxygens (including phenoxy) is 1. The third kappa shape index (κ3) is 3.39. The molecule has 3 heteroatoms. The van der Waals surface area contributed by atoms with E-state index in [-0.39, 0.29) is 0 Å². The van der Waals surface area contributed by atoms with Crippen LogP contribution >= 0.6 is 0 Å². The summed E-state index contributed by atoms with van der Waals surface area (Å²) < 4.78 is 5.19. The highest BCUT2D eigenvalue weighted by molar-refractivity contribution is 5.49. The Morgan fingerprint density at radius 2 is 2.00 bits per heavy atom. The van der Waals surface area contributed by atoms with Crippen molar-refractivity contribution in [2.24, 2.45) is 0 Å². The van der Waals surface area contributed by atoms with Gasteiger partial charge in [0.05, 0.1) is 7.11 Å². The van der Waals surface area contributed by atoms with E-state index in [0.717, 1.165) is 24.8 Å². The number of methoxy groups -OCH3 is 1. The Labute approximate surface area is 110 Å². The lowest BCUT2D eigenvalue weighted by atomic mass is 10.1. The molecular weight excluding hydrogens is 224 g/mol. The molecule has 1 aliphatic carbocycles. The van der Waals surface area contributed by atoms with Gasteiger partial charge >= 0.3 is 0 Å². The van der Waals surface area contributed by atoms with Gasteiger partial charge in [-0.05, 0) is 43.5 Å². The number of rotatable bonds is 7. The first kappa shape index (κ1) is 13.2. The molecule has 1 aliphatic rings. The average Bonchev–Trinajstić information content (AvgIpc) is 3.23. The first-order chi connectivity index (χ1) is 8.74. The molecular formula is C15H24N2O. The molecule has 0 bridgehead atoms. The van der Waals surface area contributed by atoms with E-state index >= 15 is 0 Å². The molecule has 1 unspecified atom stereocenters. The molecule has 3 nitrogen and oxygen atoms in total. The molecule has 1 aromatic rings. The first-order valence-corrected chi connectivity index (χ1v) is 6.85. The molecule has 0 spiro atoms. The lowest BCUT2D eigenvalue weighted by Gasteiger charge is -2.29. The Bertz CT molecular complexity index is 359. The van der Waals surface area contributed by atoms with Crippen molar-refractivity contribution in [3.8, 4) is 5.75 Å². The summed E-state index contributed by atoms with van der Waals surface area (Å²) in [5.41, 5.74) is 1.25. The smallest absolute Gasteiger partial charge is 0.119 e. The van der Waals surface area contributed by atoms with Gasteiger partial charge < -0.3 is 15.0 Å². The summed E-state index contributed by atoms with van der Waals surface area (Å²) >= 11 is 0. The van der Waals surface area contributed by atoms with Crippen LogP contribution in [0.25, 0.3) is 0 Å². The van der Waals surface area contributed by atoms with Crippen molar-refractivity contribution < 1.29 is 4.74 Å².